The summed E-state index contributed by atoms with van der Waals surface area (Å²) < 4.78 is 11.2. The molecule has 2 aliphatic rings. The lowest BCUT2D eigenvalue weighted by molar-refractivity contribution is -0.0800. The third-order valence-corrected chi connectivity index (χ3v) is 3.92. The second-order valence-corrected chi connectivity index (χ2v) is 4.94. The summed E-state index contributed by atoms with van der Waals surface area (Å²) in [6.07, 6.45) is 2.43. The molecule has 0 saturated carbocycles. The first-order valence-electron chi connectivity index (χ1n) is 6.30. The molecule has 1 N–H and O–H groups in total. The van der Waals surface area contributed by atoms with Gasteiger partial charge in [-0.1, -0.05) is 0 Å². The number of rotatable bonds is 1. The van der Waals surface area contributed by atoms with Gasteiger partial charge in [0.2, 0.25) is 5.88 Å². The van der Waals surface area contributed by atoms with Crippen LogP contribution >= 0.6 is 0 Å². The van der Waals surface area contributed by atoms with Crippen molar-refractivity contribution in [2.24, 2.45) is 0 Å². The van der Waals surface area contributed by atoms with E-state index in [1.807, 2.05) is 6.07 Å². The van der Waals surface area contributed by atoms with Crippen LogP contribution in [0, 0.1) is 0 Å². The van der Waals surface area contributed by atoms with Crippen LogP contribution in [0.5, 0.6) is 5.88 Å². The first-order chi connectivity index (χ1) is 9.16. The number of carboxylic acid groups (broad SMARTS) is 1. The molecule has 6 heteroatoms. The fraction of sp³-hybridized carbons (Fsp3) is 0.538. The number of fused-ring (bicyclic) bond motifs is 2. The Balaban J connectivity index is 1.98. The summed E-state index contributed by atoms with van der Waals surface area (Å²) in [6, 6.07) is 1.91. The van der Waals surface area contributed by atoms with E-state index >= 15 is 0 Å². The topological polar surface area (TPSA) is 71.9 Å². The third kappa shape index (κ3) is 1.83. The van der Waals surface area contributed by atoms with Crippen LogP contribution in [0.1, 0.15) is 24.0 Å². The van der Waals surface area contributed by atoms with Gasteiger partial charge in [-0.05, 0) is 24.5 Å². The average molecular weight is 264 g/mol. The Labute approximate surface area is 111 Å². The lowest BCUT2D eigenvalue weighted by atomic mass is 9.85. The van der Waals surface area contributed by atoms with E-state index in [-0.39, 0.29) is 0 Å². The van der Waals surface area contributed by atoms with Crippen LogP contribution in [-0.2, 0) is 16.9 Å². The van der Waals surface area contributed by atoms with Crippen molar-refractivity contribution in [1.82, 2.24) is 9.88 Å². The zero-order valence-corrected chi connectivity index (χ0v) is 10.8. The van der Waals surface area contributed by atoms with Gasteiger partial charge < -0.3 is 19.5 Å². The largest absolute Gasteiger partial charge is 0.481 e. The maximum atomic E-state index is 11.2. The van der Waals surface area contributed by atoms with Crippen molar-refractivity contribution in [2.45, 2.75) is 25.0 Å². The van der Waals surface area contributed by atoms with E-state index in [4.69, 9.17) is 14.6 Å². The molecule has 0 radical (unpaired) electrons. The monoisotopic (exact) mass is 264 g/mol. The molecule has 1 aromatic rings. The zero-order chi connectivity index (χ0) is 13.5. The number of ether oxygens (including phenoxy) is 2. The minimum atomic E-state index is -0.892. The number of hydrogen-bond acceptors (Lipinski definition) is 4. The fourth-order valence-corrected chi connectivity index (χ4v) is 3.03. The van der Waals surface area contributed by atoms with Crippen LogP contribution < -0.4 is 4.74 Å². The molecule has 6 nitrogen and oxygen atoms in total. The lowest BCUT2D eigenvalue weighted by Gasteiger charge is -2.38. The van der Waals surface area contributed by atoms with Gasteiger partial charge in [-0.2, -0.15) is 0 Å². The van der Waals surface area contributed by atoms with Crippen molar-refractivity contribution in [3.63, 3.8) is 0 Å². The minimum Gasteiger partial charge on any atom is -0.481 e. The summed E-state index contributed by atoms with van der Waals surface area (Å²) in [5.41, 5.74) is 1.44. The van der Waals surface area contributed by atoms with Crippen molar-refractivity contribution < 1.29 is 19.4 Å². The molecule has 19 heavy (non-hydrogen) atoms. The Morgan fingerprint density at radius 1 is 1.63 bits per heavy atom. The summed E-state index contributed by atoms with van der Waals surface area (Å²) in [7, 11) is 1.58. The van der Waals surface area contributed by atoms with Crippen LogP contribution in [0.2, 0.25) is 0 Å². The molecule has 102 valence electrons. The first kappa shape index (κ1) is 12.2. The third-order valence-electron chi connectivity index (χ3n) is 3.92. The van der Waals surface area contributed by atoms with E-state index < -0.39 is 11.7 Å². The van der Waals surface area contributed by atoms with E-state index in [1.54, 1.807) is 13.3 Å². The van der Waals surface area contributed by atoms with Crippen LogP contribution in [0.3, 0.4) is 0 Å². The minimum absolute atomic E-state index is 0.377. The number of aromatic nitrogens is 1. The molecule has 1 saturated heterocycles. The van der Waals surface area contributed by atoms with Crippen molar-refractivity contribution in [3.05, 3.63) is 23.4 Å². The van der Waals surface area contributed by atoms with Gasteiger partial charge in [-0.3, -0.25) is 0 Å². The van der Waals surface area contributed by atoms with Gasteiger partial charge in [0.15, 0.2) is 0 Å². The molecule has 1 aromatic heterocycles. The number of amides is 1. The molecule has 1 atom stereocenters. The van der Waals surface area contributed by atoms with Gasteiger partial charge in [0.25, 0.3) is 0 Å². The number of piperidine rings is 1. The molecule has 1 unspecified atom stereocenters. The van der Waals surface area contributed by atoms with E-state index in [2.05, 4.69) is 4.98 Å². The second kappa shape index (κ2) is 4.38. The number of pyridine rings is 1. The molecule has 0 aromatic carbocycles. The highest BCUT2D eigenvalue weighted by Gasteiger charge is 2.45. The first-order valence-corrected chi connectivity index (χ1v) is 6.30. The van der Waals surface area contributed by atoms with E-state index in [1.165, 1.54) is 4.90 Å². The molecule has 0 aliphatic carbocycles. The average Bonchev–Trinajstić information content (AvgIpc) is 2.78. The SMILES string of the molecule is COc1nccc2c1COC21CCCN(C(=O)O)C1. The number of nitrogens with zero attached hydrogens (tertiary/aromatic N) is 2. The maximum Gasteiger partial charge on any atom is 0.407 e. The van der Waals surface area contributed by atoms with E-state index in [0.717, 1.165) is 24.0 Å². The van der Waals surface area contributed by atoms with Gasteiger partial charge in [0, 0.05) is 18.3 Å². The maximum absolute atomic E-state index is 11.2. The van der Waals surface area contributed by atoms with E-state index in [9.17, 15) is 4.79 Å². The van der Waals surface area contributed by atoms with Crippen LogP contribution in [0.15, 0.2) is 12.3 Å². The van der Waals surface area contributed by atoms with Gasteiger partial charge in [0.05, 0.1) is 20.3 Å². The molecule has 0 bridgehead atoms. The standard InChI is InChI=1S/C13H16N2O4/c1-18-11-9-7-19-13(10(9)3-5-14-11)4-2-6-15(8-13)12(16)17/h3,5H,2,4,6-8H2,1H3,(H,16,17). The molecule has 3 rings (SSSR count). The van der Waals surface area contributed by atoms with Gasteiger partial charge in [-0.15, -0.1) is 0 Å². The number of likely N-dealkylation sites (tertiary alicyclic amines) is 1. The Morgan fingerprint density at radius 2 is 2.47 bits per heavy atom. The van der Waals surface area contributed by atoms with Gasteiger partial charge >= 0.3 is 6.09 Å². The highest BCUT2D eigenvalue weighted by molar-refractivity contribution is 5.65. The lowest BCUT2D eigenvalue weighted by Crippen LogP contribution is -2.48. The smallest absolute Gasteiger partial charge is 0.407 e. The zero-order valence-electron chi connectivity index (χ0n) is 10.8. The summed E-state index contributed by atoms with van der Waals surface area (Å²) in [5.74, 6) is 0.571. The molecular weight excluding hydrogens is 248 g/mol. The highest BCUT2D eigenvalue weighted by atomic mass is 16.5. The van der Waals surface area contributed by atoms with Crippen LogP contribution in [0.25, 0.3) is 0 Å². The summed E-state index contributed by atoms with van der Waals surface area (Å²) >= 11 is 0. The molecule has 3 heterocycles. The highest BCUT2D eigenvalue weighted by Crippen LogP contribution is 2.44. The molecule has 1 spiro atoms. The number of hydrogen-bond donors (Lipinski definition) is 1. The predicted octanol–water partition coefficient (Wildman–Crippen LogP) is 1.59. The van der Waals surface area contributed by atoms with Crippen LogP contribution in [-0.4, -0.2) is 41.3 Å². The molecule has 2 aliphatic heterocycles. The second-order valence-electron chi connectivity index (χ2n) is 4.94. The van der Waals surface area contributed by atoms with Crippen molar-refractivity contribution in [1.29, 1.82) is 0 Å². The summed E-state index contributed by atoms with van der Waals surface area (Å²) in [5, 5.41) is 9.16. The Kier molecular flexibility index (Phi) is 2.82. The van der Waals surface area contributed by atoms with Crippen molar-refractivity contribution in [3.8, 4) is 5.88 Å². The number of methoxy groups -OCH3 is 1. The van der Waals surface area contributed by atoms with Crippen molar-refractivity contribution >= 4 is 6.09 Å². The Morgan fingerprint density at radius 3 is 3.21 bits per heavy atom. The fourth-order valence-electron chi connectivity index (χ4n) is 3.03. The molecule has 1 fully saturated rings. The van der Waals surface area contributed by atoms with E-state index in [0.29, 0.717) is 25.6 Å². The normalized spacial score (nSPS) is 25.4. The van der Waals surface area contributed by atoms with Gasteiger partial charge in [0.1, 0.15) is 5.60 Å². The van der Waals surface area contributed by atoms with Crippen molar-refractivity contribution in [2.75, 3.05) is 20.2 Å². The predicted molar refractivity (Wildman–Crippen MR) is 66.1 cm³/mol. The Bertz CT molecular complexity index is 519. The quantitative estimate of drug-likeness (QED) is 0.834. The molecule has 1 amide bonds. The Hall–Kier alpha value is -1.82. The summed E-state index contributed by atoms with van der Waals surface area (Å²) in [6.45, 7) is 1.38. The van der Waals surface area contributed by atoms with Crippen LogP contribution in [0.4, 0.5) is 4.79 Å². The van der Waals surface area contributed by atoms with Gasteiger partial charge in [-0.25, -0.2) is 9.78 Å². The molecular formula is C13H16N2O4. The number of carbonyl (C=O) groups is 1. The summed E-state index contributed by atoms with van der Waals surface area (Å²) in [4.78, 5) is 16.8.